The van der Waals surface area contributed by atoms with Gasteiger partial charge in [0.1, 0.15) is 16.9 Å². The van der Waals surface area contributed by atoms with Crippen molar-refractivity contribution in [2.24, 2.45) is 5.11 Å². The van der Waals surface area contributed by atoms with Gasteiger partial charge in [0.25, 0.3) is 0 Å². The fourth-order valence-corrected chi connectivity index (χ4v) is 3.99. The molecule has 1 aromatic rings. The molecule has 0 aliphatic carbocycles. The fraction of sp³-hybridized carbons (Fsp3) is 0.588. The van der Waals surface area contributed by atoms with Gasteiger partial charge in [-0.2, -0.15) is 0 Å². The molecular weight excluding hydrogens is 340 g/mol. The summed E-state index contributed by atoms with van der Waals surface area (Å²) in [5, 5.41) is 3.45. The van der Waals surface area contributed by atoms with E-state index in [0.717, 1.165) is 5.56 Å². The molecule has 2 rings (SSSR count). The summed E-state index contributed by atoms with van der Waals surface area (Å²) in [5.41, 5.74) is 9.53. The number of carbonyl (C=O) groups excluding carboxylic acids is 1. The summed E-state index contributed by atoms with van der Waals surface area (Å²) in [4.78, 5) is 14.6. The van der Waals surface area contributed by atoms with Crippen molar-refractivity contribution in [3.05, 3.63) is 46.3 Å². The van der Waals surface area contributed by atoms with Crippen molar-refractivity contribution in [3.8, 4) is 0 Å². The van der Waals surface area contributed by atoms with Gasteiger partial charge < -0.3 is 9.29 Å². The van der Waals surface area contributed by atoms with Crippen LogP contribution in [0, 0.1) is 0 Å². The molecule has 1 aliphatic heterocycles. The highest BCUT2D eigenvalue weighted by Crippen LogP contribution is 2.25. The normalized spacial score (nSPS) is 22.2. The van der Waals surface area contributed by atoms with Crippen LogP contribution in [0.4, 0.5) is 0 Å². The zero-order valence-electron chi connectivity index (χ0n) is 14.8. The Morgan fingerprint density at radius 2 is 2.04 bits per heavy atom. The molecule has 0 spiro atoms. The third kappa shape index (κ3) is 5.64. The summed E-state index contributed by atoms with van der Waals surface area (Å²) in [7, 11) is 0. The molecule has 0 amide bonds. The number of azide groups is 1. The lowest BCUT2D eigenvalue weighted by atomic mass is 10.0. The first kappa shape index (κ1) is 19.6. The molecule has 0 bridgehead atoms. The average molecular weight is 364 g/mol. The van der Waals surface area contributed by atoms with E-state index < -0.39 is 28.1 Å². The summed E-state index contributed by atoms with van der Waals surface area (Å²) in [5.74, 6) is -0.504. The molecule has 1 saturated heterocycles. The number of carbonyl (C=O) groups is 1. The van der Waals surface area contributed by atoms with Crippen LogP contribution in [0.1, 0.15) is 39.2 Å². The van der Waals surface area contributed by atoms with E-state index in [1.165, 1.54) is 0 Å². The lowest BCUT2D eigenvalue weighted by molar-refractivity contribution is -0.156. The number of hydrogen-bond acceptors (Lipinski definition) is 5. The Morgan fingerprint density at radius 3 is 2.60 bits per heavy atom. The maximum Gasteiger partial charge on any atom is 0.315 e. The predicted molar refractivity (Wildman–Crippen MR) is 96.8 cm³/mol. The molecule has 1 unspecified atom stereocenters. The largest absolute Gasteiger partial charge is 0.597 e. The van der Waals surface area contributed by atoms with E-state index in [2.05, 4.69) is 10.0 Å². The number of ether oxygens (including phenoxy) is 1. The van der Waals surface area contributed by atoms with Crippen LogP contribution in [-0.2, 0) is 27.4 Å². The van der Waals surface area contributed by atoms with Gasteiger partial charge in [0, 0.05) is 16.3 Å². The van der Waals surface area contributed by atoms with Gasteiger partial charge in [0.05, 0.1) is 13.1 Å². The van der Waals surface area contributed by atoms with Gasteiger partial charge in [0.2, 0.25) is 0 Å². The fourth-order valence-electron chi connectivity index (χ4n) is 2.65. The number of nitrogens with zero attached hydrogens (tertiary/aromatic N) is 4. The molecule has 1 fully saturated rings. The zero-order valence-corrected chi connectivity index (χ0v) is 15.6. The smallest absolute Gasteiger partial charge is 0.315 e. The summed E-state index contributed by atoms with van der Waals surface area (Å²) in [6.07, 6.45) is 0.685. The quantitative estimate of drug-likeness (QED) is 0.254. The van der Waals surface area contributed by atoms with Crippen molar-refractivity contribution in [1.82, 2.24) is 4.31 Å². The highest BCUT2D eigenvalue weighted by atomic mass is 32.2. The number of benzene rings is 1. The molecule has 1 aliphatic rings. The highest BCUT2D eigenvalue weighted by Gasteiger charge is 2.37. The SMILES string of the molecule is CC(C)(C)[S@@+]([O-])N(Cc1ccccc1)C[C@@H]1CCC(N=[N+]=[N-])C(=O)O1. The van der Waals surface area contributed by atoms with Gasteiger partial charge in [-0.25, -0.2) is 0 Å². The maximum absolute atomic E-state index is 12.9. The summed E-state index contributed by atoms with van der Waals surface area (Å²) in [6, 6.07) is 9.04. The Labute approximate surface area is 151 Å². The first-order chi connectivity index (χ1) is 11.8. The summed E-state index contributed by atoms with van der Waals surface area (Å²) >= 11 is -1.24. The molecule has 8 heteroatoms. The molecule has 0 radical (unpaired) electrons. The summed E-state index contributed by atoms with van der Waals surface area (Å²) < 4.78 is 19.8. The van der Waals surface area contributed by atoms with Gasteiger partial charge in [0.15, 0.2) is 0 Å². The molecule has 1 heterocycles. The van der Waals surface area contributed by atoms with Crippen LogP contribution in [0.5, 0.6) is 0 Å². The van der Waals surface area contributed by atoms with Gasteiger partial charge in [-0.3, -0.25) is 4.79 Å². The first-order valence-corrected chi connectivity index (χ1v) is 9.37. The first-order valence-electron chi connectivity index (χ1n) is 8.27. The molecular formula is C17H24N4O3S. The second kappa shape index (κ2) is 8.58. The lowest BCUT2D eigenvalue weighted by Gasteiger charge is -2.35. The van der Waals surface area contributed by atoms with Crippen molar-refractivity contribution < 1.29 is 14.1 Å². The topological polar surface area (TPSA) is 101 Å². The van der Waals surface area contributed by atoms with E-state index in [1.54, 1.807) is 0 Å². The zero-order chi connectivity index (χ0) is 18.4. The third-order valence-corrected chi connectivity index (χ3v) is 5.67. The lowest BCUT2D eigenvalue weighted by Crippen LogP contribution is -2.48. The second-order valence-electron chi connectivity index (χ2n) is 7.03. The van der Waals surface area contributed by atoms with Crippen molar-refractivity contribution in [1.29, 1.82) is 0 Å². The van der Waals surface area contributed by atoms with Crippen LogP contribution < -0.4 is 0 Å². The van der Waals surface area contributed by atoms with E-state index in [1.807, 2.05) is 55.4 Å². The minimum atomic E-state index is -1.24. The monoisotopic (exact) mass is 364 g/mol. The molecule has 1 aromatic carbocycles. The van der Waals surface area contributed by atoms with Gasteiger partial charge in [-0.15, -0.1) is 4.31 Å². The Balaban J connectivity index is 2.08. The average Bonchev–Trinajstić information content (AvgIpc) is 2.56. The minimum absolute atomic E-state index is 0.354. The van der Waals surface area contributed by atoms with E-state index in [9.17, 15) is 9.35 Å². The number of rotatable bonds is 6. The molecule has 0 aromatic heterocycles. The van der Waals surface area contributed by atoms with E-state index in [-0.39, 0.29) is 6.10 Å². The van der Waals surface area contributed by atoms with Crippen molar-refractivity contribution in [2.45, 2.75) is 57.1 Å². The van der Waals surface area contributed by atoms with Crippen LogP contribution in [0.2, 0.25) is 0 Å². The van der Waals surface area contributed by atoms with Gasteiger partial charge >= 0.3 is 5.97 Å². The molecule has 0 saturated carbocycles. The van der Waals surface area contributed by atoms with Crippen LogP contribution in [-0.4, -0.2) is 38.3 Å². The molecule has 3 atom stereocenters. The summed E-state index contributed by atoms with van der Waals surface area (Å²) in [6.45, 7) is 6.66. The Hall–Kier alpha value is -1.73. The van der Waals surface area contributed by atoms with Crippen molar-refractivity contribution in [3.63, 3.8) is 0 Å². The Bertz CT molecular complexity index is 629. The standard InChI is InChI=1S/C17H24N4O3S/c1-17(2,3)25(23)21(11-13-7-5-4-6-8-13)12-14-9-10-15(19-20-18)16(22)24-14/h4-8,14-15H,9-12H2,1-3H3/t14-,15?,25+/m0/s1. The second-order valence-corrected chi connectivity index (χ2v) is 9.27. The molecule has 25 heavy (non-hydrogen) atoms. The highest BCUT2D eigenvalue weighted by molar-refractivity contribution is 7.90. The number of cyclic esters (lactones) is 1. The maximum atomic E-state index is 12.9. The van der Waals surface area contributed by atoms with Gasteiger partial charge in [-0.05, 0) is 44.7 Å². The van der Waals surface area contributed by atoms with E-state index >= 15 is 0 Å². The van der Waals surface area contributed by atoms with Crippen LogP contribution in [0.3, 0.4) is 0 Å². The molecule has 136 valence electrons. The minimum Gasteiger partial charge on any atom is -0.597 e. The Kier molecular flexibility index (Phi) is 6.72. The number of esters is 1. The molecule has 7 nitrogen and oxygen atoms in total. The van der Waals surface area contributed by atoms with Gasteiger partial charge in [-0.1, -0.05) is 35.4 Å². The van der Waals surface area contributed by atoms with Crippen LogP contribution >= 0.6 is 0 Å². The van der Waals surface area contributed by atoms with Crippen LogP contribution in [0.15, 0.2) is 35.4 Å². The van der Waals surface area contributed by atoms with Crippen molar-refractivity contribution in [2.75, 3.05) is 6.54 Å². The third-order valence-electron chi connectivity index (χ3n) is 3.88. The molecule has 0 N–H and O–H groups in total. The van der Waals surface area contributed by atoms with E-state index in [0.29, 0.717) is 25.9 Å². The van der Waals surface area contributed by atoms with Crippen LogP contribution in [0.25, 0.3) is 10.4 Å². The van der Waals surface area contributed by atoms with Crippen molar-refractivity contribution >= 4 is 17.3 Å². The van der Waals surface area contributed by atoms with E-state index in [4.69, 9.17) is 10.3 Å². The predicted octanol–water partition coefficient (Wildman–Crippen LogP) is 3.34. The number of hydrogen-bond donors (Lipinski definition) is 0. The Morgan fingerprint density at radius 1 is 1.36 bits per heavy atom.